The van der Waals surface area contributed by atoms with Crippen LogP contribution in [-0.2, 0) is 10.5 Å². The summed E-state index contributed by atoms with van der Waals surface area (Å²) in [6.07, 6.45) is 0. The maximum atomic E-state index is 11.0. The Bertz CT molecular complexity index is 848. The van der Waals surface area contributed by atoms with Gasteiger partial charge in [-0.2, -0.15) is 0 Å². The third-order valence-corrected chi connectivity index (χ3v) is 4.75. The molecular formula is C14H13N5O3S2. The number of carbonyl (C=O) groups excluding carboxylic acids is 1. The Hall–Kier alpha value is -2.46. The lowest BCUT2D eigenvalue weighted by molar-refractivity contribution is -0.114. The molecule has 0 unspecified atom stereocenters. The van der Waals surface area contributed by atoms with Gasteiger partial charge >= 0.3 is 0 Å². The first kappa shape index (κ1) is 16.4. The number of hydrogen-bond donors (Lipinski definition) is 1. The summed E-state index contributed by atoms with van der Waals surface area (Å²) in [7, 11) is 1.60. The number of thioether (sulfide) groups is 1. The second kappa shape index (κ2) is 7.41. The van der Waals surface area contributed by atoms with Gasteiger partial charge in [0.2, 0.25) is 22.8 Å². The molecule has 0 radical (unpaired) electrons. The molecule has 1 aromatic carbocycles. The number of nitrogens with zero attached hydrogens (tertiary/aromatic N) is 4. The van der Waals surface area contributed by atoms with Gasteiger partial charge in [-0.3, -0.25) is 4.79 Å². The molecule has 8 nitrogen and oxygen atoms in total. The molecular weight excluding hydrogens is 350 g/mol. The Morgan fingerprint density at radius 2 is 2.21 bits per heavy atom. The molecule has 0 spiro atoms. The molecule has 124 valence electrons. The monoisotopic (exact) mass is 363 g/mol. The molecule has 0 fully saturated rings. The molecule has 0 aliphatic carbocycles. The third-order valence-electron chi connectivity index (χ3n) is 2.79. The molecule has 1 N–H and O–H groups in total. The Labute approximate surface area is 145 Å². The van der Waals surface area contributed by atoms with Gasteiger partial charge in [-0.1, -0.05) is 29.2 Å². The molecule has 3 rings (SSSR count). The summed E-state index contributed by atoms with van der Waals surface area (Å²) in [5, 5.41) is 19.0. The van der Waals surface area contributed by atoms with Crippen molar-refractivity contribution in [3.63, 3.8) is 0 Å². The standard InChI is InChI=1S/C14H13N5O3S2/c1-8(20)15-13-18-19-14(24-13)23-7-11-16-17-12(22-11)9-4-3-5-10(6-9)21-2/h3-6H,7H2,1-2H3,(H,15,18,20). The average Bonchev–Trinajstić information content (AvgIpc) is 3.22. The Balaban J connectivity index is 1.63. The van der Waals surface area contributed by atoms with Gasteiger partial charge in [0.1, 0.15) is 5.75 Å². The van der Waals surface area contributed by atoms with Gasteiger partial charge in [0.05, 0.1) is 12.9 Å². The van der Waals surface area contributed by atoms with E-state index in [0.717, 1.165) is 11.3 Å². The normalized spacial score (nSPS) is 10.6. The van der Waals surface area contributed by atoms with E-state index in [1.54, 1.807) is 7.11 Å². The van der Waals surface area contributed by atoms with Crippen LogP contribution in [0.25, 0.3) is 11.5 Å². The van der Waals surface area contributed by atoms with Crippen molar-refractivity contribution < 1.29 is 13.9 Å². The fourth-order valence-electron chi connectivity index (χ4n) is 1.78. The highest BCUT2D eigenvalue weighted by Gasteiger charge is 2.12. The van der Waals surface area contributed by atoms with Crippen LogP contribution in [0, 0.1) is 0 Å². The predicted molar refractivity (Wildman–Crippen MR) is 90.1 cm³/mol. The van der Waals surface area contributed by atoms with E-state index in [-0.39, 0.29) is 5.91 Å². The van der Waals surface area contributed by atoms with E-state index in [4.69, 9.17) is 9.15 Å². The number of carbonyl (C=O) groups is 1. The van der Waals surface area contributed by atoms with Gasteiger partial charge in [0.25, 0.3) is 0 Å². The molecule has 0 saturated carbocycles. The topological polar surface area (TPSA) is 103 Å². The summed E-state index contributed by atoms with van der Waals surface area (Å²) >= 11 is 2.70. The van der Waals surface area contributed by atoms with Crippen LogP contribution in [0.15, 0.2) is 33.0 Å². The van der Waals surface area contributed by atoms with E-state index in [0.29, 0.717) is 27.0 Å². The summed E-state index contributed by atoms with van der Waals surface area (Å²) in [6.45, 7) is 1.42. The number of benzene rings is 1. The molecule has 0 aliphatic rings. The lowest BCUT2D eigenvalue weighted by Gasteiger charge is -2.00. The maximum Gasteiger partial charge on any atom is 0.247 e. The summed E-state index contributed by atoms with van der Waals surface area (Å²) < 4.78 is 11.5. The van der Waals surface area contributed by atoms with E-state index < -0.39 is 0 Å². The number of ether oxygens (including phenoxy) is 1. The van der Waals surface area contributed by atoms with E-state index in [1.165, 1.54) is 30.0 Å². The van der Waals surface area contributed by atoms with Crippen LogP contribution < -0.4 is 10.1 Å². The second-order valence-corrected chi connectivity index (χ2v) is 6.78. The van der Waals surface area contributed by atoms with Gasteiger partial charge in [-0.05, 0) is 18.2 Å². The minimum atomic E-state index is -0.178. The predicted octanol–water partition coefficient (Wildman–Crippen LogP) is 2.85. The molecule has 0 bridgehead atoms. The Morgan fingerprint density at radius 1 is 1.33 bits per heavy atom. The number of amides is 1. The van der Waals surface area contributed by atoms with Crippen LogP contribution in [0.2, 0.25) is 0 Å². The highest BCUT2D eigenvalue weighted by atomic mass is 32.2. The number of anilines is 1. The SMILES string of the molecule is COc1cccc(-c2nnc(CSc3nnc(NC(C)=O)s3)o2)c1. The number of methoxy groups -OCH3 is 1. The van der Waals surface area contributed by atoms with E-state index in [9.17, 15) is 4.79 Å². The fraction of sp³-hybridized carbons (Fsp3) is 0.214. The molecule has 2 aromatic heterocycles. The van der Waals surface area contributed by atoms with Crippen LogP contribution in [0.3, 0.4) is 0 Å². The summed E-state index contributed by atoms with van der Waals surface area (Å²) in [5.74, 6) is 1.92. The first-order valence-corrected chi connectivity index (χ1v) is 8.65. The van der Waals surface area contributed by atoms with E-state index in [2.05, 4.69) is 25.7 Å². The minimum Gasteiger partial charge on any atom is -0.497 e. The van der Waals surface area contributed by atoms with Crippen LogP contribution in [-0.4, -0.2) is 33.4 Å². The number of hydrogen-bond acceptors (Lipinski definition) is 9. The largest absolute Gasteiger partial charge is 0.497 e. The van der Waals surface area contributed by atoms with Crippen molar-refractivity contribution in [3.8, 4) is 17.2 Å². The quantitative estimate of drug-likeness (QED) is 0.527. The van der Waals surface area contributed by atoms with Gasteiger partial charge in [-0.15, -0.1) is 20.4 Å². The van der Waals surface area contributed by atoms with Crippen molar-refractivity contribution >= 4 is 34.1 Å². The number of rotatable bonds is 6. The van der Waals surface area contributed by atoms with Crippen molar-refractivity contribution in [2.24, 2.45) is 0 Å². The Morgan fingerprint density at radius 3 is 3.00 bits per heavy atom. The van der Waals surface area contributed by atoms with Crippen LogP contribution >= 0.6 is 23.1 Å². The smallest absolute Gasteiger partial charge is 0.247 e. The zero-order valence-corrected chi connectivity index (χ0v) is 14.5. The minimum absolute atomic E-state index is 0.178. The van der Waals surface area contributed by atoms with Crippen LogP contribution in [0.1, 0.15) is 12.8 Å². The zero-order valence-electron chi connectivity index (χ0n) is 12.8. The highest BCUT2D eigenvalue weighted by Crippen LogP contribution is 2.29. The summed E-state index contributed by atoms with van der Waals surface area (Å²) in [5.41, 5.74) is 0.793. The highest BCUT2D eigenvalue weighted by molar-refractivity contribution is 8.00. The Kier molecular flexibility index (Phi) is 5.06. The van der Waals surface area contributed by atoms with Crippen LogP contribution in [0.5, 0.6) is 5.75 Å². The average molecular weight is 363 g/mol. The van der Waals surface area contributed by atoms with Gasteiger partial charge < -0.3 is 14.5 Å². The number of nitrogens with one attached hydrogen (secondary N) is 1. The molecule has 0 atom stereocenters. The summed E-state index contributed by atoms with van der Waals surface area (Å²) in [4.78, 5) is 11.0. The van der Waals surface area contributed by atoms with Gasteiger partial charge in [0, 0.05) is 12.5 Å². The van der Waals surface area contributed by atoms with Gasteiger partial charge in [0.15, 0.2) is 4.34 Å². The lowest BCUT2D eigenvalue weighted by Crippen LogP contribution is -2.04. The summed E-state index contributed by atoms with van der Waals surface area (Å²) in [6, 6.07) is 7.41. The molecule has 1 amide bonds. The van der Waals surface area contributed by atoms with E-state index >= 15 is 0 Å². The van der Waals surface area contributed by atoms with Gasteiger partial charge in [-0.25, -0.2) is 0 Å². The second-order valence-electron chi connectivity index (χ2n) is 4.58. The van der Waals surface area contributed by atoms with Crippen LogP contribution in [0.4, 0.5) is 5.13 Å². The fourth-order valence-corrected chi connectivity index (χ4v) is 3.41. The maximum absolute atomic E-state index is 11.0. The molecule has 0 aliphatic heterocycles. The van der Waals surface area contributed by atoms with Crippen molar-refractivity contribution in [2.75, 3.05) is 12.4 Å². The van der Waals surface area contributed by atoms with Crippen molar-refractivity contribution in [3.05, 3.63) is 30.2 Å². The van der Waals surface area contributed by atoms with Crippen molar-refractivity contribution in [1.29, 1.82) is 0 Å². The molecule has 10 heteroatoms. The first-order valence-electron chi connectivity index (χ1n) is 6.85. The third kappa shape index (κ3) is 4.09. The lowest BCUT2D eigenvalue weighted by atomic mass is 10.2. The number of aromatic nitrogens is 4. The van der Waals surface area contributed by atoms with Crippen molar-refractivity contribution in [1.82, 2.24) is 20.4 Å². The molecule has 24 heavy (non-hydrogen) atoms. The molecule has 2 heterocycles. The first-order chi connectivity index (χ1) is 11.6. The molecule has 0 saturated heterocycles. The molecule has 3 aromatic rings. The zero-order chi connectivity index (χ0) is 16.9. The van der Waals surface area contributed by atoms with Crippen molar-refractivity contribution in [2.45, 2.75) is 17.0 Å². The van der Waals surface area contributed by atoms with E-state index in [1.807, 2.05) is 24.3 Å².